The van der Waals surface area contributed by atoms with Gasteiger partial charge >= 0.3 is 0 Å². The van der Waals surface area contributed by atoms with Gasteiger partial charge in [0.25, 0.3) is 5.91 Å². The van der Waals surface area contributed by atoms with Crippen LogP contribution < -0.4 is 0 Å². The number of allylic oxidation sites excluding steroid dienone is 4. The van der Waals surface area contributed by atoms with Crippen molar-refractivity contribution < 1.29 is 14.2 Å². The maximum Gasteiger partial charge on any atom is 0.253 e. The quantitative estimate of drug-likeness (QED) is 0.179. The Hall–Kier alpha value is -1.76. The maximum atomic E-state index is 13.2. The van der Waals surface area contributed by atoms with Gasteiger partial charge in [-0.2, -0.15) is 4.55 Å². The van der Waals surface area contributed by atoms with Gasteiger partial charge in [-0.1, -0.05) is 53.9 Å². The van der Waals surface area contributed by atoms with Crippen LogP contribution in [-0.4, -0.2) is 47.0 Å². The first kappa shape index (κ1) is 27.5. The van der Waals surface area contributed by atoms with Gasteiger partial charge in [0.05, 0.1) is 12.3 Å². The normalized spacial score (nSPS) is 18.3. The smallest absolute Gasteiger partial charge is 0.253 e. The molecule has 0 aromatic heterocycles. The van der Waals surface area contributed by atoms with Gasteiger partial charge in [0.2, 0.25) is 0 Å². The van der Waals surface area contributed by atoms with Gasteiger partial charge in [0.1, 0.15) is 24.4 Å². The molecule has 2 rings (SSSR count). The predicted molar refractivity (Wildman–Crippen MR) is 141 cm³/mol. The highest BCUT2D eigenvalue weighted by molar-refractivity contribution is 7.72. The summed E-state index contributed by atoms with van der Waals surface area (Å²) in [7, 11) is 1.79. The Morgan fingerprint density at radius 1 is 1.33 bits per heavy atom. The van der Waals surface area contributed by atoms with Gasteiger partial charge in [0.15, 0.2) is 0 Å². The molecule has 182 valence electrons. The zero-order valence-electron chi connectivity index (χ0n) is 20.6. The van der Waals surface area contributed by atoms with E-state index in [1.54, 1.807) is 18.0 Å². The van der Waals surface area contributed by atoms with Crippen molar-refractivity contribution in [2.24, 2.45) is 22.9 Å². The molecule has 2 unspecified atom stereocenters. The molecule has 33 heavy (non-hydrogen) atoms. The van der Waals surface area contributed by atoms with E-state index in [0.29, 0.717) is 47.5 Å². The second kappa shape index (κ2) is 13.2. The van der Waals surface area contributed by atoms with Crippen LogP contribution in [-0.2, 0) is 16.9 Å². The Balaban J connectivity index is 2.25. The van der Waals surface area contributed by atoms with E-state index in [2.05, 4.69) is 38.1 Å². The van der Waals surface area contributed by atoms with Crippen molar-refractivity contribution in [1.29, 1.82) is 0 Å². The standard InChI is InChI=1S/C26H37ClN2O3S/c1-7-24(21-9-8-19(4)20(5)12-21)25(28-32-15-18(3)16-33-31)14-29(6)26(30)22-10-17(2)11-23(27)13-22/h8-11,13,18,21,24,31H,7,12,14-16H2,1-6H3/p+1/b28-25+/t18-,21?,24?/m1/s1. The first-order valence-electron chi connectivity index (χ1n) is 11.5. The highest BCUT2D eigenvalue weighted by Crippen LogP contribution is 2.31. The van der Waals surface area contributed by atoms with Crippen molar-refractivity contribution in [2.75, 3.05) is 26.0 Å². The minimum atomic E-state index is -0.0956. The van der Waals surface area contributed by atoms with Crippen molar-refractivity contribution in [2.45, 2.75) is 47.5 Å². The lowest BCUT2D eigenvalue weighted by Gasteiger charge is -2.30. The summed E-state index contributed by atoms with van der Waals surface area (Å²) in [6.45, 7) is 11.2. The average molecular weight is 494 g/mol. The molecule has 0 fully saturated rings. The Bertz CT molecular complexity index is 893. The fraction of sp³-hybridized carbons (Fsp3) is 0.538. The molecule has 0 saturated heterocycles. The topological polar surface area (TPSA) is 62.1 Å². The number of aryl methyl sites for hydroxylation is 1. The Morgan fingerprint density at radius 3 is 2.67 bits per heavy atom. The minimum Gasteiger partial charge on any atom is -0.395 e. The predicted octanol–water partition coefficient (Wildman–Crippen LogP) is 5.96. The first-order chi connectivity index (χ1) is 15.7. The average Bonchev–Trinajstić information content (AvgIpc) is 2.75. The van der Waals surface area contributed by atoms with E-state index in [1.807, 2.05) is 26.0 Å². The molecule has 1 aromatic rings. The third-order valence-corrected chi connectivity index (χ3v) is 7.17. The largest absolute Gasteiger partial charge is 0.395 e. The summed E-state index contributed by atoms with van der Waals surface area (Å²) in [6.07, 6.45) is 6.33. The van der Waals surface area contributed by atoms with E-state index in [-0.39, 0.29) is 17.7 Å². The monoisotopic (exact) mass is 493 g/mol. The number of carbonyl (C=O) groups is 1. The Morgan fingerprint density at radius 2 is 2.06 bits per heavy atom. The molecule has 1 aliphatic rings. The molecule has 1 aliphatic carbocycles. The van der Waals surface area contributed by atoms with E-state index in [4.69, 9.17) is 21.0 Å². The SMILES string of the molecule is CCC(/C(CN(C)C(=O)c1cc(C)cc(Cl)c1)=N/OC[C@@H](C)C[SH+]O)C1C=CC(C)=C(C)C1. The van der Waals surface area contributed by atoms with Crippen LogP contribution in [0.15, 0.2) is 46.7 Å². The van der Waals surface area contributed by atoms with Crippen molar-refractivity contribution in [3.63, 3.8) is 0 Å². The Kier molecular flexibility index (Phi) is 11.0. The van der Waals surface area contributed by atoms with Crippen LogP contribution in [0.25, 0.3) is 0 Å². The van der Waals surface area contributed by atoms with Gasteiger partial charge in [-0.05, 0) is 63.3 Å². The molecule has 1 amide bonds. The molecule has 0 bridgehead atoms. The molecule has 1 N–H and O–H groups in total. The lowest BCUT2D eigenvalue weighted by molar-refractivity contribution is 0.0806. The van der Waals surface area contributed by atoms with Crippen molar-refractivity contribution >= 4 is 35.3 Å². The fourth-order valence-corrected chi connectivity index (χ4v) is 4.78. The number of nitrogens with zero attached hydrogens (tertiary/aromatic N) is 2. The zero-order chi connectivity index (χ0) is 24.5. The van der Waals surface area contributed by atoms with Crippen molar-refractivity contribution in [1.82, 2.24) is 4.90 Å². The lowest BCUT2D eigenvalue weighted by Crippen LogP contribution is -2.37. The summed E-state index contributed by atoms with van der Waals surface area (Å²) in [5.41, 5.74) is 5.08. The van der Waals surface area contributed by atoms with E-state index in [1.165, 1.54) is 11.1 Å². The number of hydrogen-bond donors (Lipinski definition) is 1. The summed E-state index contributed by atoms with van der Waals surface area (Å²) in [6, 6.07) is 5.40. The minimum absolute atomic E-state index is 0.0956. The van der Waals surface area contributed by atoms with E-state index in [9.17, 15) is 4.79 Å². The van der Waals surface area contributed by atoms with E-state index < -0.39 is 0 Å². The lowest BCUT2D eigenvalue weighted by atomic mass is 9.78. The summed E-state index contributed by atoms with van der Waals surface area (Å²) in [5.74, 6) is 1.21. The summed E-state index contributed by atoms with van der Waals surface area (Å²) < 4.78 is 9.13. The number of benzene rings is 1. The number of oxime groups is 1. The molecule has 5 nitrogen and oxygen atoms in total. The number of hydrogen-bond acceptors (Lipinski definition) is 4. The third-order valence-electron chi connectivity index (χ3n) is 6.16. The number of thiol groups is 1. The highest BCUT2D eigenvalue weighted by Gasteiger charge is 2.28. The number of carbonyl (C=O) groups excluding carboxylic acids is 1. The number of rotatable bonds is 11. The molecule has 0 aliphatic heterocycles. The molecule has 0 saturated carbocycles. The van der Waals surface area contributed by atoms with Gasteiger partial charge < -0.3 is 9.74 Å². The molecular formula is C26H38ClN2O3S+. The van der Waals surface area contributed by atoms with Crippen molar-refractivity contribution in [3.05, 3.63) is 57.6 Å². The fourth-order valence-electron chi connectivity index (χ4n) is 4.10. The second-order valence-electron chi connectivity index (χ2n) is 9.19. The molecule has 1 aromatic carbocycles. The van der Waals surface area contributed by atoms with Crippen LogP contribution in [0.3, 0.4) is 0 Å². The van der Waals surface area contributed by atoms with Crippen LogP contribution in [0.5, 0.6) is 0 Å². The second-order valence-corrected chi connectivity index (χ2v) is 10.3. The van der Waals surface area contributed by atoms with Crippen LogP contribution in [0.1, 0.15) is 56.5 Å². The van der Waals surface area contributed by atoms with Gasteiger partial charge in [0, 0.05) is 29.5 Å². The first-order valence-corrected chi connectivity index (χ1v) is 12.9. The summed E-state index contributed by atoms with van der Waals surface area (Å²) in [5, 5.41) is 5.10. The third kappa shape index (κ3) is 8.20. The molecule has 0 spiro atoms. The van der Waals surface area contributed by atoms with E-state index in [0.717, 1.165) is 24.1 Å². The highest BCUT2D eigenvalue weighted by atomic mass is 35.5. The molecule has 7 heteroatoms. The summed E-state index contributed by atoms with van der Waals surface area (Å²) in [4.78, 5) is 20.6. The maximum absolute atomic E-state index is 13.2. The van der Waals surface area contributed by atoms with E-state index >= 15 is 0 Å². The molecule has 0 radical (unpaired) electrons. The van der Waals surface area contributed by atoms with Crippen LogP contribution in [0.2, 0.25) is 5.02 Å². The van der Waals surface area contributed by atoms with Crippen LogP contribution in [0.4, 0.5) is 0 Å². The zero-order valence-corrected chi connectivity index (χ0v) is 22.3. The molecule has 3 atom stereocenters. The number of halogens is 1. The molecule has 0 heterocycles. The van der Waals surface area contributed by atoms with Gasteiger partial charge in [-0.25, -0.2) is 0 Å². The van der Waals surface area contributed by atoms with Gasteiger partial charge in [-0.15, -0.1) is 0 Å². The summed E-state index contributed by atoms with van der Waals surface area (Å²) >= 11 is 6.54. The van der Waals surface area contributed by atoms with Crippen LogP contribution >= 0.6 is 11.6 Å². The van der Waals surface area contributed by atoms with Crippen LogP contribution in [0, 0.1) is 24.7 Å². The van der Waals surface area contributed by atoms with Gasteiger partial charge in [-0.3, -0.25) is 4.79 Å². The molecular weight excluding hydrogens is 456 g/mol. The Labute approximate surface area is 208 Å². The van der Waals surface area contributed by atoms with Crippen molar-refractivity contribution in [3.8, 4) is 0 Å². The number of amides is 1.